The molecule has 2 N–H and O–H groups in total. The van der Waals surface area contributed by atoms with Crippen LogP contribution in [0.4, 0.5) is 0 Å². The number of aliphatic hydroxyl groups excluding tert-OH is 2. The van der Waals surface area contributed by atoms with Gasteiger partial charge in [-0.3, -0.25) is 0 Å². The molecule has 0 spiro atoms. The molecular formula is C6H12O2. The largest absolute Gasteiger partial charge is 0.396 e. The quantitative estimate of drug-likeness (QED) is 0.511. The van der Waals surface area contributed by atoms with E-state index in [0.717, 1.165) is 19.3 Å². The number of hydrogen-bond donors (Lipinski definition) is 2. The van der Waals surface area contributed by atoms with Crippen LogP contribution in [0, 0.1) is 5.92 Å². The van der Waals surface area contributed by atoms with Crippen molar-refractivity contribution in [3.8, 4) is 0 Å². The molecule has 2 heteroatoms. The third-order valence-electron chi connectivity index (χ3n) is 1.77. The summed E-state index contributed by atoms with van der Waals surface area (Å²) in [6, 6.07) is 0. The molecule has 0 unspecified atom stereocenters. The Balaban J connectivity index is 2.22. The van der Waals surface area contributed by atoms with Gasteiger partial charge in [0.25, 0.3) is 0 Å². The zero-order valence-corrected chi connectivity index (χ0v) is 4.88. The fourth-order valence-corrected chi connectivity index (χ4v) is 1.21. The molecule has 1 fully saturated rings. The summed E-state index contributed by atoms with van der Waals surface area (Å²) in [6.07, 6.45) is 2.55. The second-order valence-electron chi connectivity index (χ2n) is 2.52. The van der Waals surface area contributed by atoms with Crippen molar-refractivity contribution < 1.29 is 10.2 Å². The van der Waals surface area contributed by atoms with Gasteiger partial charge >= 0.3 is 0 Å². The minimum Gasteiger partial charge on any atom is -0.396 e. The van der Waals surface area contributed by atoms with Gasteiger partial charge in [-0.2, -0.15) is 0 Å². The van der Waals surface area contributed by atoms with Crippen LogP contribution in [0.1, 0.15) is 19.3 Å². The van der Waals surface area contributed by atoms with Crippen molar-refractivity contribution in [1.82, 2.24) is 0 Å². The van der Waals surface area contributed by atoms with Crippen LogP contribution in [0.3, 0.4) is 0 Å². The molecule has 2 nitrogen and oxygen atoms in total. The molecule has 0 saturated heterocycles. The summed E-state index contributed by atoms with van der Waals surface area (Å²) in [6.45, 7) is 0.247. The van der Waals surface area contributed by atoms with E-state index in [0.29, 0.717) is 5.92 Å². The Kier molecular flexibility index (Phi) is 1.86. The van der Waals surface area contributed by atoms with Crippen LogP contribution in [0.2, 0.25) is 0 Å². The predicted molar refractivity (Wildman–Crippen MR) is 30.4 cm³/mol. The summed E-state index contributed by atoms with van der Waals surface area (Å²) >= 11 is 0. The Bertz CT molecular complexity index is 72.9. The van der Waals surface area contributed by atoms with Crippen molar-refractivity contribution in [3.63, 3.8) is 0 Å². The van der Waals surface area contributed by atoms with Crippen molar-refractivity contribution in [3.05, 3.63) is 0 Å². The molecular weight excluding hydrogens is 104 g/mol. The SMILES string of the molecule is OC[C@@H]1CC[C@@H](O)C1. The second kappa shape index (κ2) is 2.46. The average molecular weight is 116 g/mol. The normalized spacial score (nSPS) is 38.2. The van der Waals surface area contributed by atoms with Gasteiger partial charge in [-0.25, -0.2) is 0 Å². The summed E-state index contributed by atoms with van der Waals surface area (Å²) in [5.41, 5.74) is 0. The zero-order valence-electron chi connectivity index (χ0n) is 4.88. The van der Waals surface area contributed by atoms with Gasteiger partial charge in [-0.1, -0.05) is 0 Å². The smallest absolute Gasteiger partial charge is 0.0543 e. The summed E-state index contributed by atoms with van der Waals surface area (Å²) in [5.74, 6) is 0.380. The van der Waals surface area contributed by atoms with E-state index >= 15 is 0 Å². The maximum Gasteiger partial charge on any atom is 0.0543 e. The number of rotatable bonds is 1. The molecule has 0 amide bonds. The Morgan fingerprint density at radius 2 is 2.12 bits per heavy atom. The fraction of sp³-hybridized carbons (Fsp3) is 1.00. The van der Waals surface area contributed by atoms with Gasteiger partial charge < -0.3 is 10.2 Å². The minimum atomic E-state index is -0.132. The van der Waals surface area contributed by atoms with Crippen molar-refractivity contribution >= 4 is 0 Å². The highest BCUT2D eigenvalue weighted by molar-refractivity contribution is 4.73. The molecule has 0 aliphatic heterocycles. The molecule has 0 heterocycles. The standard InChI is InChI=1S/C6H12O2/c7-4-5-1-2-6(8)3-5/h5-8H,1-4H2/t5-,6-/m1/s1. The Morgan fingerprint density at radius 3 is 2.38 bits per heavy atom. The molecule has 0 aromatic rings. The van der Waals surface area contributed by atoms with E-state index in [-0.39, 0.29) is 12.7 Å². The first-order chi connectivity index (χ1) is 3.83. The van der Waals surface area contributed by atoms with Gasteiger partial charge in [0.2, 0.25) is 0 Å². The van der Waals surface area contributed by atoms with Gasteiger partial charge in [0.05, 0.1) is 6.10 Å². The summed E-state index contributed by atoms with van der Waals surface area (Å²) < 4.78 is 0. The molecule has 2 atom stereocenters. The van der Waals surface area contributed by atoms with Gasteiger partial charge in [0.15, 0.2) is 0 Å². The third kappa shape index (κ3) is 1.20. The van der Waals surface area contributed by atoms with E-state index in [2.05, 4.69) is 0 Å². The Hall–Kier alpha value is -0.0800. The monoisotopic (exact) mass is 116 g/mol. The van der Waals surface area contributed by atoms with Crippen LogP contribution in [-0.4, -0.2) is 22.9 Å². The average Bonchev–Trinajstić information content (AvgIpc) is 2.14. The Labute approximate surface area is 49.1 Å². The summed E-state index contributed by atoms with van der Waals surface area (Å²) in [4.78, 5) is 0. The molecule has 0 aromatic carbocycles. The molecule has 0 bridgehead atoms. The molecule has 1 rings (SSSR count). The van der Waals surface area contributed by atoms with Crippen molar-refractivity contribution in [1.29, 1.82) is 0 Å². The number of hydrogen-bond acceptors (Lipinski definition) is 2. The first-order valence-corrected chi connectivity index (χ1v) is 3.12. The molecule has 0 aromatic heterocycles. The highest BCUT2D eigenvalue weighted by atomic mass is 16.3. The van der Waals surface area contributed by atoms with Crippen LogP contribution >= 0.6 is 0 Å². The van der Waals surface area contributed by atoms with Crippen molar-refractivity contribution in [2.75, 3.05) is 6.61 Å². The van der Waals surface area contributed by atoms with Crippen LogP contribution in [-0.2, 0) is 0 Å². The first kappa shape index (κ1) is 6.05. The zero-order chi connectivity index (χ0) is 5.98. The fourth-order valence-electron chi connectivity index (χ4n) is 1.21. The van der Waals surface area contributed by atoms with Gasteiger partial charge in [-0.05, 0) is 25.2 Å². The second-order valence-corrected chi connectivity index (χ2v) is 2.52. The number of aliphatic hydroxyl groups is 2. The third-order valence-corrected chi connectivity index (χ3v) is 1.77. The van der Waals surface area contributed by atoms with Gasteiger partial charge in [-0.15, -0.1) is 0 Å². The molecule has 0 radical (unpaired) electrons. The summed E-state index contributed by atoms with van der Waals surface area (Å²) in [7, 11) is 0. The van der Waals surface area contributed by atoms with Crippen LogP contribution in [0.5, 0.6) is 0 Å². The van der Waals surface area contributed by atoms with Crippen molar-refractivity contribution in [2.24, 2.45) is 5.92 Å². The minimum absolute atomic E-state index is 0.132. The van der Waals surface area contributed by atoms with Crippen LogP contribution < -0.4 is 0 Å². The topological polar surface area (TPSA) is 40.5 Å². The van der Waals surface area contributed by atoms with Crippen molar-refractivity contribution in [2.45, 2.75) is 25.4 Å². The van der Waals surface area contributed by atoms with Crippen LogP contribution in [0.15, 0.2) is 0 Å². The van der Waals surface area contributed by atoms with E-state index in [9.17, 15) is 0 Å². The van der Waals surface area contributed by atoms with E-state index < -0.39 is 0 Å². The van der Waals surface area contributed by atoms with E-state index in [1.54, 1.807) is 0 Å². The first-order valence-electron chi connectivity index (χ1n) is 3.12. The van der Waals surface area contributed by atoms with E-state index in [4.69, 9.17) is 10.2 Å². The molecule has 48 valence electrons. The maximum atomic E-state index is 8.92. The highest BCUT2D eigenvalue weighted by Gasteiger charge is 2.21. The molecule has 1 aliphatic rings. The predicted octanol–water partition coefficient (Wildman–Crippen LogP) is 0.140. The van der Waals surface area contributed by atoms with Gasteiger partial charge in [0.1, 0.15) is 0 Å². The molecule has 8 heavy (non-hydrogen) atoms. The molecule has 1 saturated carbocycles. The lowest BCUT2D eigenvalue weighted by molar-refractivity contribution is 0.163. The molecule has 1 aliphatic carbocycles. The lowest BCUT2D eigenvalue weighted by Gasteiger charge is -2.00. The van der Waals surface area contributed by atoms with E-state index in [1.165, 1.54) is 0 Å². The van der Waals surface area contributed by atoms with E-state index in [1.807, 2.05) is 0 Å². The van der Waals surface area contributed by atoms with Gasteiger partial charge in [0, 0.05) is 6.61 Å². The lowest BCUT2D eigenvalue weighted by atomic mass is 10.1. The maximum absolute atomic E-state index is 8.92. The summed E-state index contributed by atoms with van der Waals surface area (Å²) in [5, 5.41) is 17.5. The highest BCUT2D eigenvalue weighted by Crippen LogP contribution is 2.24. The van der Waals surface area contributed by atoms with Crippen LogP contribution in [0.25, 0.3) is 0 Å². The lowest BCUT2D eigenvalue weighted by Crippen LogP contribution is -2.03. The Morgan fingerprint density at radius 1 is 1.38 bits per heavy atom.